The number of likely N-dealkylation sites (N-methyl/N-ethyl adjacent to an activating group) is 1. The first kappa shape index (κ1) is 15.2. The second-order valence-corrected chi connectivity index (χ2v) is 4.92. The highest BCUT2D eigenvalue weighted by Gasteiger charge is 2.23. The van der Waals surface area contributed by atoms with Crippen molar-refractivity contribution in [2.24, 2.45) is 0 Å². The second-order valence-electron chi connectivity index (χ2n) is 4.92. The Morgan fingerprint density at radius 3 is 2.53 bits per heavy atom. The molecule has 1 N–H and O–H groups in total. The van der Waals surface area contributed by atoms with Crippen LogP contribution in [-0.2, 0) is 4.79 Å². The molecule has 0 aliphatic carbocycles. The number of rotatable bonds is 5. The van der Waals surface area contributed by atoms with Gasteiger partial charge < -0.3 is 10.2 Å². The number of aromatic nitrogens is 2. The van der Waals surface area contributed by atoms with Crippen molar-refractivity contribution in [3.8, 4) is 0 Å². The highest BCUT2D eigenvalue weighted by molar-refractivity contribution is 5.96. The molecule has 19 heavy (non-hydrogen) atoms. The van der Waals surface area contributed by atoms with Crippen LogP contribution < -0.4 is 5.32 Å². The van der Waals surface area contributed by atoms with E-state index >= 15 is 0 Å². The van der Waals surface area contributed by atoms with E-state index in [1.54, 1.807) is 31.0 Å². The Morgan fingerprint density at radius 1 is 1.42 bits per heavy atom. The minimum atomic E-state index is -0.502. The van der Waals surface area contributed by atoms with Crippen LogP contribution in [0.15, 0.2) is 12.3 Å². The molecule has 0 aliphatic heterocycles. The molecule has 0 saturated heterocycles. The molecule has 0 radical (unpaired) electrons. The van der Waals surface area contributed by atoms with Gasteiger partial charge in [0.1, 0.15) is 11.7 Å². The first-order valence-electron chi connectivity index (χ1n) is 6.44. The average Bonchev–Trinajstić information content (AvgIpc) is 2.83. The lowest BCUT2D eigenvalue weighted by Crippen LogP contribution is -2.46. The zero-order valence-corrected chi connectivity index (χ0v) is 12.2. The van der Waals surface area contributed by atoms with Gasteiger partial charge in [0, 0.05) is 26.3 Å². The Kier molecular flexibility index (Phi) is 5.09. The predicted molar refractivity (Wildman–Crippen MR) is 72.9 cm³/mol. The molecule has 1 rings (SSSR count). The van der Waals surface area contributed by atoms with Gasteiger partial charge in [0.2, 0.25) is 5.91 Å². The van der Waals surface area contributed by atoms with Crippen molar-refractivity contribution in [3.05, 3.63) is 18.0 Å². The second kappa shape index (κ2) is 6.36. The van der Waals surface area contributed by atoms with Gasteiger partial charge in [-0.1, -0.05) is 6.92 Å². The van der Waals surface area contributed by atoms with Crippen molar-refractivity contribution in [3.63, 3.8) is 0 Å². The molecule has 0 aromatic carbocycles. The van der Waals surface area contributed by atoms with E-state index in [-0.39, 0.29) is 17.9 Å². The van der Waals surface area contributed by atoms with Crippen molar-refractivity contribution < 1.29 is 9.59 Å². The highest BCUT2D eigenvalue weighted by Crippen LogP contribution is 2.08. The van der Waals surface area contributed by atoms with E-state index in [1.165, 1.54) is 4.90 Å². The molecule has 0 fully saturated rings. The predicted octanol–water partition coefficient (Wildman–Crippen LogP) is 1.06. The van der Waals surface area contributed by atoms with Gasteiger partial charge in [0.15, 0.2) is 0 Å². The molecule has 0 spiro atoms. The molecule has 1 aromatic heterocycles. The Balaban J connectivity index is 2.83. The van der Waals surface area contributed by atoms with E-state index in [0.717, 1.165) is 0 Å². The molecule has 6 heteroatoms. The Morgan fingerprint density at radius 2 is 2.05 bits per heavy atom. The van der Waals surface area contributed by atoms with E-state index in [9.17, 15) is 9.59 Å². The third-order valence-electron chi connectivity index (χ3n) is 2.84. The number of carbonyl (C=O) groups is 2. The van der Waals surface area contributed by atoms with Crippen LogP contribution in [0.5, 0.6) is 0 Å². The fourth-order valence-corrected chi connectivity index (χ4v) is 1.79. The van der Waals surface area contributed by atoms with Crippen LogP contribution in [0.4, 0.5) is 0 Å². The van der Waals surface area contributed by atoms with Crippen LogP contribution in [0, 0.1) is 0 Å². The SMILES string of the molecule is CC[C@H](NC(=O)c1ccnn1C(C)C)C(=O)N(C)C. The van der Waals surface area contributed by atoms with Gasteiger partial charge >= 0.3 is 0 Å². The molecule has 0 unspecified atom stereocenters. The van der Waals surface area contributed by atoms with E-state index in [2.05, 4.69) is 10.4 Å². The summed E-state index contributed by atoms with van der Waals surface area (Å²) in [6, 6.07) is 1.25. The molecular formula is C13H22N4O2. The largest absolute Gasteiger partial charge is 0.347 e. The summed E-state index contributed by atoms with van der Waals surface area (Å²) in [5.41, 5.74) is 0.472. The first-order chi connectivity index (χ1) is 8.88. The van der Waals surface area contributed by atoms with Crippen LogP contribution >= 0.6 is 0 Å². The summed E-state index contributed by atoms with van der Waals surface area (Å²) in [6.45, 7) is 5.77. The lowest BCUT2D eigenvalue weighted by atomic mass is 10.2. The molecule has 0 aliphatic rings. The van der Waals surface area contributed by atoms with Gasteiger partial charge in [-0.05, 0) is 26.3 Å². The summed E-state index contributed by atoms with van der Waals surface area (Å²) in [7, 11) is 3.35. The van der Waals surface area contributed by atoms with Crippen LogP contribution in [0.25, 0.3) is 0 Å². The molecule has 106 valence electrons. The molecule has 6 nitrogen and oxygen atoms in total. The maximum Gasteiger partial charge on any atom is 0.270 e. The van der Waals surface area contributed by atoms with Crippen molar-refractivity contribution in [1.82, 2.24) is 20.0 Å². The van der Waals surface area contributed by atoms with E-state index in [1.807, 2.05) is 20.8 Å². The Hall–Kier alpha value is -1.85. The molecule has 2 amide bonds. The summed E-state index contributed by atoms with van der Waals surface area (Å²) < 4.78 is 1.64. The maximum atomic E-state index is 12.2. The third-order valence-corrected chi connectivity index (χ3v) is 2.84. The normalized spacial score (nSPS) is 12.3. The van der Waals surface area contributed by atoms with Crippen molar-refractivity contribution in [2.75, 3.05) is 14.1 Å². The monoisotopic (exact) mass is 266 g/mol. The van der Waals surface area contributed by atoms with Crippen molar-refractivity contribution in [1.29, 1.82) is 0 Å². The van der Waals surface area contributed by atoms with Gasteiger partial charge in [0.25, 0.3) is 5.91 Å². The molecular weight excluding hydrogens is 244 g/mol. The van der Waals surface area contributed by atoms with E-state index in [4.69, 9.17) is 0 Å². The fourth-order valence-electron chi connectivity index (χ4n) is 1.79. The van der Waals surface area contributed by atoms with E-state index in [0.29, 0.717) is 12.1 Å². The number of nitrogens with zero attached hydrogens (tertiary/aromatic N) is 3. The first-order valence-corrected chi connectivity index (χ1v) is 6.44. The minimum Gasteiger partial charge on any atom is -0.347 e. The van der Waals surface area contributed by atoms with Crippen molar-refractivity contribution in [2.45, 2.75) is 39.3 Å². The number of carbonyl (C=O) groups excluding carboxylic acids is 2. The zero-order valence-electron chi connectivity index (χ0n) is 12.2. The number of nitrogens with one attached hydrogen (secondary N) is 1. The average molecular weight is 266 g/mol. The van der Waals surface area contributed by atoms with Gasteiger partial charge in [-0.2, -0.15) is 5.10 Å². The van der Waals surface area contributed by atoms with Crippen LogP contribution in [0.1, 0.15) is 43.7 Å². The molecule has 1 aromatic rings. The number of hydrogen-bond acceptors (Lipinski definition) is 3. The minimum absolute atomic E-state index is 0.0976. The quantitative estimate of drug-likeness (QED) is 0.866. The van der Waals surface area contributed by atoms with Gasteiger partial charge in [-0.3, -0.25) is 14.3 Å². The fraction of sp³-hybridized carbons (Fsp3) is 0.615. The summed E-state index contributed by atoms with van der Waals surface area (Å²) >= 11 is 0. The topological polar surface area (TPSA) is 67.2 Å². The smallest absolute Gasteiger partial charge is 0.270 e. The zero-order chi connectivity index (χ0) is 14.6. The molecule has 1 heterocycles. The standard InChI is InChI=1S/C13H22N4O2/c1-6-10(13(19)16(4)5)15-12(18)11-7-8-14-17(11)9(2)3/h7-10H,6H2,1-5H3,(H,15,18)/t10-/m0/s1. The molecule has 0 saturated carbocycles. The molecule has 1 atom stereocenters. The van der Waals surface area contributed by atoms with Crippen LogP contribution in [0.2, 0.25) is 0 Å². The van der Waals surface area contributed by atoms with Gasteiger partial charge in [-0.25, -0.2) is 0 Å². The lowest BCUT2D eigenvalue weighted by Gasteiger charge is -2.21. The summed E-state index contributed by atoms with van der Waals surface area (Å²) in [5.74, 6) is -0.375. The maximum absolute atomic E-state index is 12.2. The number of amides is 2. The molecule has 0 bridgehead atoms. The van der Waals surface area contributed by atoms with Crippen LogP contribution in [0.3, 0.4) is 0 Å². The van der Waals surface area contributed by atoms with Gasteiger partial charge in [0.05, 0.1) is 0 Å². The lowest BCUT2D eigenvalue weighted by molar-refractivity contribution is -0.130. The van der Waals surface area contributed by atoms with Crippen molar-refractivity contribution >= 4 is 11.8 Å². The van der Waals surface area contributed by atoms with E-state index < -0.39 is 6.04 Å². The van der Waals surface area contributed by atoms with Gasteiger partial charge in [-0.15, -0.1) is 0 Å². The highest BCUT2D eigenvalue weighted by atomic mass is 16.2. The summed E-state index contributed by atoms with van der Waals surface area (Å²) in [6.07, 6.45) is 2.14. The Bertz CT molecular complexity index is 451. The Labute approximate surface area is 113 Å². The van der Waals surface area contributed by atoms with Crippen LogP contribution in [-0.4, -0.2) is 46.6 Å². The number of hydrogen-bond donors (Lipinski definition) is 1. The summed E-state index contributed by atoms with van der Waals surface area (Å²) in [4.78, 5) is 25.6. The third kappa shape index (κ3) is 3.56. The summed E-state index contributed by atoms with van der Waals surface area (Å²) in [5, 5.41) is 6.86.